The van der Waals surface area contributed by atoms with Gasteiger partial charge in [-0.2, -0.15) is 0 Å². The van der Waals surface area contributed by atoms with E-state index in [2.05, 4.69) is 6.92 Å². The lowest BCUT2D eigenvalue weighted by Crippen LogP contribution is -2.42. The molecule has 0 bridgehead atoms. The SMILES string of the molecule is Cc1c(C)c(C)c(C(=O)C[C@@]2(O)C(=O)N(CCc3ccccc3)c3ccc(Cl)cc32)c(C)c1C. The quantitative estimate of drug-likeness (QED) is 0.449. The molecule has 3 aromatic rings. The third-order valence-corrected chi connectivity index (χ3v) is 7.69. The molecule has 34 heavy (non-hydrogen) atoms. The molecule has 5 heteroatoms. The average Bonchev–Trinajstić information content (AvgIpc) is 3.01. The lowest BCUT2D eigenvalue weighted by Gasteiger charge is -2.24. The Balaban J connectivity index is 1.71. The monoisotopic (exact) mass is 475 g/mol. The minimum Gasteiger partial charge on any atom is -0.375 e. The van der Waals surface area contributed by atoms with E-state index in [1.807, 2.05) is 58.0 Å². The molecular weight excluding hydrogens is 446 g/mol. The number of carbonyl (C=O) groups is 2. The van der Waals surface area contributed by atoms with Gasteiger partial charge in [-0.1, -0.05) is 41.9 Å². The Morgan fingerprint density at radius 3 is 2.12 bits per heavy atom. The van der Waals surface area contributed by atoms with Crippen molar-refractivity contribution >= 4 is 29.0 Å². The molecule has 4 nitrogen and oxygen atoms in total. The number of nitrogens with zero attached hydrogens (tertiary/aromatic N) is 1. The molecule has 1 aliphatic rings. The van der Waals surface area contributed by atoms with Crippen molar-refractivity contribution in [3.63, 3.8) is 0 Å². The van der Waals surface area contributed by atoms with Gasteiger partial charge in [0, 0.05) is 22.7 Å². The van der Waals surface area contributed by atoms with Gasteiger partial charge in [0.25, 0.3) is 5.91 Å². The van der Waals surface area contributed by atoms with Crippen LogP contribution in [0.5, 0.6) is 0 Å². The van der Waals surface area contributed by atoms with Crippen LogP contribution >= 0.6 is 11.6 Å². The van der Waals surface area contributed by atoms with Crippen molar-refractivity contribution in [2.24, 2.45) is 0 Å². The fraction of sp³-hybridized carbons (Fsp3) is 0.310. The van der Waals surface area contributed by atoms with Gasteiger partial charge in [0.15, 0.2) is 11.4 Å². The molecule has 1 atom stereocenters. The van der Waals surface area contributed by atoms with E-state index >= 15 is 0 Å². The van der Waals surface area contributed by atoms with Crippen LogP contribution in [0.3, 0.4) is 0 Å². The zero-order valence-electron chi connectivity index (χ0n) is 20.3. The fourth-order valence-corrected chi connectivity index (χ4v) is 5.21. The predicted octanol–water partition coefficient (Wildman–Crippen LogP) is 5.93. The second-order valence-electron chi connectivity index (χ2n) is 9.31. The molecule has 0 saturated carbocycles. The Labute approximate surface area is 206 Å². The smallest absolute Gasteiger partial charge is 0.264 e. The van der Waals surface area contributed by atoms with Crippen LogP contribution in [0.1, 0.15) is 55.7 Å². The molecule has 0 aromatic heterocycles. The summed E-state index contributed by atoms with van der Waals surface area (Å²) < 4.78 is 0. The summed E-state index contributed by atoms with van der Waals surface area (Å²) >= 11 is 6.26. The number of fused-ring (bicyclic) bond motifs is 1. The number of anilines is 1. The molecule has 0 fully saturated rings. The number of aliphatic hydroxyl groups is 1. The minimum absolute atomic E-state index is 0.243. The number of benzene rings is 3. The lowest BCUT2D eigenvalue weighted by atomic mass is 9.82. The fourth-order valence-electron chi connectivity index (χ4n) is 5.04. The van der Waals surface area contributed by atoms with Gasteiger partial charge in [-0.25, -0.2) is 0 Å². The topological polar surface area (TPSA) is 57.6 Å². The van der Waals surface area contributed by atoms with E-state index in [0.717, 1.165) is 33.4 Å². The maximum absolute atomic E-state index is 13.6. The first-order chi connectivity index (χ1) is 16.1. The van der Waals surface area contributed by atoms with E-state index in [1.165, 1.54) is 0 Å². The molecule has 0 spiro atoms. The molecule has 1 amide bonds. The summed E-state index contributed by atoms with van der Waals surface area (Å²) in [6, 6.07) is 14.9. The zero-order chi connectivity index (χ0) is 24.8. The number of hydrogen-bond acceptors (Lipinski definition) is 3. The van der Waals surface area contributed by atoms with Crippen LogP contribution in [0.2, 0.25) is 5.02 Å². The average molecular weight is 476 g/mol. The number of halogens is 1. The van der Waals surface area contributed by atoms with Crippen LogP contribution in [0.15, 0.2) is 48.5 Å². The maximum atomic E-state index is 13.6. The molecule has 0 aliphatic carbocycles. The Bertz CT molecular complexity index is 1270. The summed E-state index contributed by atoms with van der Waals surface area (Å²) in [6.45, 7) is 10.3. The standard InChI is InChI=1S/C29H30ClNO3/c1-17-18(2)20(4)27(21(5)19(17)3)26(32)16-29(34)24-15-23(30)11-12-25(24)31(28(29)33)14-13-22-9-7-6-8-10-22/h6-12,15,34H,13-14,16H2,1-5H3/t29-/m0/s1. The summed E-state index contributed by atoms with van der Waals surface area (Å²) in [4.78, 5) is 28.8. The molecule has 176 valence electrons. The number of ketones is 1. The Hall–Kier alpha value is -2.95. The second-order valence-corrected chi connectivity index (χ2v) is 9.75. The van der Waals surface area contributed by atoms with Gasteiger partial charge < -0.3 is 10.0 Å². The first-order valence-electron chi connectivity index (χ1n) is 11.5. The molecule has 4 rings (SSSR count). The van der Waals surface area contributed by atoms with Gasteiger partial charge in [0.1, 0.15) is 0 Å². The number of hydrogen-bond donors (Lipinski definition) is 1. The summed E-state index contributed by atoms with van der Waals surface area (Å²) in [5, 5.41) is 12.2. The minimum atomic E-state index is -1.96. The number of amides is 1. The van der Waals surface area contributed by atoms with Gasteiger partial charge in [-0.15, -0.1) is 0 Å². The molecule has 0 radical (unpaired) electrons. The zero-order valence-corrected chi connectivity index (χ0v) is 21.1. The Morgan fingerprint density at radius 2 is 1.50 bits per heavy atom. The molecule has 1 heterocycles. The van der Waals surface area contributed by atoms with E-state index in [-0.39, 0.29) is 12.2 Å². The van der Waals surface area contributed by atoms with Crippen LogP contribution < -0.4 is 4.90 Å². The molecule has 0 saturated heterocycles. The normalized spacial score (nSPS) is 17.3. The van der Waals surface area contributed by atoms with Gasteiger partial charge in [0.05, 0.1) is 12.1 Å². The summed E-state index contributed by atoms with van der Waals surface area (Å²) in [7, 11) is 0. The number of rotatable bonds is 6. The molecule has 1 aliphatic heterocycles. The van der Waals surface area contributed by atoms with Gasteiger partial charge in [-0.3, -0.25) is 9.59 Å². The summed E-state index contributed by atoms with van der Waals surface area (Å²) in [5.41, 5.74) is 5.79. The van der Waals surface area contributed by atoms with Crippen molar-refractivity contribution in [3.8, 4) is 0 Å². The van der Waals surface area contributed by atoms with Crippen molar-refractivity contribution in [2.45, 2.75) is 53.1 Å². The van der Waals surface area contributed by atoms with Crippen molar-refractivity contribution in [2.75, 3.05) is 11.4 Å². The van der Waals surface area contributed by atoms with Crippen LogP contribution in [-0.2, 0) is 16.8 Å². The van der Waals surface area contributed by atoms with Crippen LogP contribution in [0.4, 0.5) is 5.69 Å². The highest BCUT2D eigenvalue weighted by molar-refractivity contribution is 6.31. The molecule has 0 unspecified atom stereocenters. The Kier molecular flexibility index (Phi) is 6.41. The second kappa shape index (κ2) is 9.01. The Morgan fingerprint density at radius 1 is 0.912 bits per heavy atom. The van der Waals surface area contributed by atoms with E-state index < -0.39 is 11.5 Å². The third-order valence-electron chi connectivity index (χ3n) is 7.46. The van der Waals surface area contributed by atoms with E-state index in [9.17, 15) is 14.7 Å². The van der Waals surface area contributed by atoms with E-state index in [4.69, 9.17) is 11.6 Å². The maximum Gasteiger partial charge on any atom is 0.264 e. The largest absolute Gasteiger partial charge is 0.375 e. The van der Waals surface area contributed by atoms with Crippen LogP contribution in [0, 0.1) is 34.6 Å². The number of Topliss-reactive ketones (excluding diaryl/α,β-unsaturated/α-hetero) is 1. The van der Waals surface area contributed by atoms with E-state index in [0.29, 0.717) is 34.8 Å². The number of carbonyl (C=O) groups excluding carboxylic acids is 2. The van der Waals surface area contributed by atoms with Crippen molar-refractivity contribution in [1.29, 1.82) is 0 Å². The lowest BCUT2D eigenvalue weighted by molar-refractivity contribution is -0.135. The van der Waals surface area contributed by atoms with Crippen molar-refractivity contribution in [1.82, 2.24) is 0 Å². The highest BCUT2D eigenvalue weighted by Crippen LogP contribution is 2.44. The molecule has 3 aromatic carbocycles. The van der Waals surface area contributed by atoms with Gasteiger partial charge >= 0.3 is 0 Å². The van der Waals surface area contributed by atoms with Crippen LogP contribution in [0.25, 0.3) is 0 Å². The summed E-state index contributed by atoms with van der Waals surface area (Å²) in [6.07, 6.45) is 0.303. The van der Waals surface area contributed by atoms with Gasteiger partial charge in [0.2, 0.25) is 0 Å². The van der Waals surface area contributed by atoms with E-state index in [1.54, 1.807) is 23.1 Å². The van der Waals surface area contributed by atoms with Crippen molar-refractivity contribution < 1.29 is 14.7 Å². The van der Waals surface area contributed by atoms with Gasteiger partial charge in [-0.05, 0) is 92.6 Å². The summed E-state index contributed by atoms with van der Waals surface area (Å²) in [5.74, 6) is -0.724. The predicted molar refractivity (Wildman–Crippen MR) is 137 cm³/mol. The highest BCUT2D eigenvalue weighted by Gasteiger charge is 2.51. The van der Waals surface area contributed by atoms with Crippen LogP contribution in [-0.4, -0.2) is 23.3 Å². The molecule has 1 N–H and O–H groups in total. The third kappa shape index (κ3) is 3.95. The highest BCUT2D eigenvalue weighted by atomic mass is 35.5. The van der Waals surface area contributed by atoms with Crippen molar-refractivity contribution in [3.05, 3.63) is 98.1 Å². The first kappa shape index (κ1) is 24.2. The first-order valence-corrected chi connectivity index (χ1v) is 11.9. The molecular formula is C29H30ClNO3.